The van der Waals surface area contributed by atoms with Crippen molar-refractivity contribution >= 4 is 102 Å². The Morgan fingerprint density at radius 3 is 2.40 bits per heavy atom. The van der Waals surface area contributed by atoms with E-state index < -0.39 is 59.4 Å². The van der Waals surface area contributed by atoms with Gasteiger partial charge in [-0.2, -0.15) is 0 Å². The number of urea groups is 1. The molecule has 23 nitrogen and oxygen atoms in total. The summed E-state index contributed by atoms with van der Waals surface area (Å²) in [6.07, 6.45) is 6.99. The first-order chi connectivity index (χ1) is 42.4. The fraction of sp³-hybridized carbons (Fsp3) is 0.403. The number of imide groups is 1. The van der Waals surface area contributed by atoms with Crippen LogP contribution in [0.2, 0.25) is 0 Å². The molecule has 0 unspecified atom stereocenters. The minimum Gasteiger partial charge on any atom is -0.543 e. The molecular weight excluding hydrogens is 1170 g/mol. The molecule has 0 radical (unpaired) electrons. The number of primary amides is 1. The number of carbonyl (C=O) groups is 7. The maximum Gasteiger partial charge on any atom is 0.312 e. The number of fused-ring (bicyclic) bond motifs is 2. The highest BCUT2D eigenvalue weighted by Gasteiger charge is 2.33. The molecule has 3 aliphatic rings. The summed E-state index contributed by atoms with van der Waals surface area (Å²) >= 11 is 2.78. The number of aryl methyl sites for hydroxylation is 1. The maximum absolute atomic E-state index is 15.5. The van der Waals surface area contributed by atoms with Gasteiger partial charge in [-0.3, -0.25) is 28.9 Å². The van der Waals surface area contributed by atoms with Gasteiger partial charge in [0, 0.05) is 77.3 Å². The molecular formula is C62H70FN13O10S2. The van der Waals surface area contributed by atoms with Crippen LogP contribution in [0.5, 0.6) is 5.75 Å². The predicted molar refractivity (Wildman–Crippen MR) is 328 cm³/mol. The van der Waals surface area contributed by atoms with Crippen LogP contribution in [-0.4, -0.2) is 142 Å². The van der Waals surface area contributed by atoms with Gasteiger partial charge in [0.15, 0.2) is 33.5 Å². The number of hydrogen-bond acceptors (Lipinski definition) is 18. The number of aromatic nitrogens is 4. The van der Waals surface area contributed by atoms with Crippen molar-refractivity contribution in [2.24, 2.45) is 11.7 Å². The molecule has 0 saturated carbocycles. The van der Waals surface area contributed by atoms with Gasteiger partial charge in [-0.15, -0.1) is 21.5 Å². The van der Waals surface area contributed by atoms with Crippen molar-refractivity contribution in [1.82, 2.24) is 41.0 Å². The highest BCUT2D eigenvalue weighted by Crippen LogP contribution is 2.39. The number of nitrogens with one attached hydrogen (secondary N) is 5. The van der Waals surface area contributed by atoms with E-state index in [2.05, 4.69) is 58.6 Å². The number of rotatable bonds is 28. The zero-order valence-electron chi connectivity index (χ0n) is 49.2. The second-order valence-electron chi connectivity index (χ2n) is 22.1. The van der Waals surface area contributed by atoms with E-state index in [9.17, 15) is 38.7 Å². The molecule has 0 spiro atoms. The number of carbonyl (C=O) groups excluding carboxylic acids is 7. The fourth-order valence-electron chi connectivity index (χ4n) is 10.7. The average molecular weight is 1240 g/mol. The third-order valence-corrected chi connectivity index (χ3v) is 17.4. The van der Waals surface area contributed by atoms with E-state index in [1.807, 2.05) is 48.2 Å². The Hall–Kier alpha value is -8.90. The van der Waals surface area contributed by atoms with Gasteiger partial charge in [-0.05, 0) is 99.8 Å². The van der Waals surface area contributed by atoms with Gasteiger partial charge in [0.1, 0.15) is 30.9 Å². The van der Waals surface area contributed by atoms with Crippen LogP contribution in [0.25, 0.3) is 10.2 Å². The van der Waals surface area contributed by atoms with Crippen molar-refractivity contribution in [2.45, 2.75) is 97.2 Å². The summed E-state index contributed by atoms with van der Waals surface area (Å²) in [4.78, 5) is 100. The number of thiazole rings is 2. The first-order valence-corrected chi connectivity index (χ1v) is 30.9. The number of nitrogens with zero attached hydrogens (tertiary/aromatic N) is 7. The van der Waals surface area contributed by atoms with Crippen LogP contribution < -0.4 is 47.1 Å². The zero-order valence-corrected chi connectivity index (χ0v) is 50.8. The first kappa shape index (κ1) is 63.6. The third-order valence-electron chi connectivity index (χ3n) is 15.4. The van der Waals surface area contributed by atoms with Crippen LogP contribution in [0.1, 0.15) is 96.4 Å². The molecule has 0 aliphatic carbocycles. The molecule has 6 heterocycles. The second kappa shape index (κ2) is 29.7. The van der Waals surface area contributed by atoms with Gasteiger partial charge < -0.3 is 61.1 Å². The zero-order chi connectivity index (χ0) is 62.3. The molecule has 26 heteroatoms. The largest absolute Gasteiger partial charge is 0.543 e. The van der Waals surface area contributed by atoms with Crippen LogP contribution in [0.4, 0.5) is 36.8 Å². The molecule has 88 heavy (non-hydrogen) atoms. The lowest BCUT2D eigenvalue weighted by Gasteiger charge is -2.32. The topological polar surface area (TPSA) is 305 Å². The summed E-state index contributed by atoms with van der Waals surface area (Å²) < 4.78 is 28.6. The smallest absolute Gasteiger partial charge is 0.312 e. The molecule has 6 aromatic rings. The number of benzene rings is 3. The van der Waals surface area contributed by atoms with Crippen molar-refractivity contribution in [3.8, 4) is 17.6 Å². The van der Waals surface area contributed by atoms with Crippen LogP contribution in [-0.2, 0) is 48.1 Å². The number of anilines is 5. The highest BCUT2D eigenvalue weighted by molar-refractivity contribution is 7.22. The number of carboxylic acids is 1. The predicted octanol–water partition coefficient (Wildman–Crippen LogP) is 5.70. The van der Waals surface area contributed by atoms with Crippen LogP contribution >= 0.6 is 22.7 Å². The third kappa shape index (κ3) is 16.6. The molecule has 1 fully saturated rings. The molecule has 7 amide bonds. The summed E-state index contributed by atoms with van der Waals surface area (Å²) in [5.74, 6) is 2.97. The lowest BCUT2D eigenvalue weighted by Crippen LogP contribution is -2.54. The molecule has 3 aromatic heterocycles. The maximum atomic E-state index is 15.5. The number of quaternary nitrogens is 1. The van der Waals surface area contributed by atoms with E-state index in [0.717, 1.165) is 70.6 Å². The van der Waals surface area contributed by atoms with Gasteiger partial charge in [0.2, 0.25) is 17.7 Å². The van der Waals surface area contributed by atoms with Gasteiger partial charge in [-0.25, -0.2) is 19.2 Å². The summed E-state index contributed by atoms with van der Waals surface area (Å²) in [5.41, 5.74) is 9.91. The van der Waals surface area contributed by atoms with Gasteiger partial charge in [0.05, 0.1) is 55.6 Å². The second-order valence-corrected chi connectivity index (χ2v) is 24.2. The van der Waals surface area contributed by atoms with Gasteiger partial charge in [-0.1, -0.05) is 55.4 Å². The van der Waals surface area contributed by atoms with Crippen molar-refractivity contribution < 1.29 is 57.0 Å². The molecule has 0 bridgehead atoms. The minimum atomic E-state index is -1.39. The fourth-order valence-corrected chi connectivity index (χ4v) is 12.7. The van der Waals surface area contributed by atoms with E-state index >= 15 is 4.39 Å². The number of likely N-dealkylation sites (tertiary alicyclic amines) is 1. The Morgan fingerprint density at radius 2 is 1.67 bits per heavy atom. The summed E-state index contributed by atoms with van der Waals surface area (Å²) in [7, 11) is 0. The van der Waals surface area contributed by atoms with E-state index in [1.54, 1.807) is 38.1 Å². The van der Waals surface area contributed by atoms with Crippen molar-refractivity contribution in [3.63, 3.8) is 0 Å². The van der Waals surface area contributed by atoms with E-state index in [4.69, 9.17) is 15.2 Å². The number of para-hydroxylation sites is 1. The lowest BCUT2D eigenvalue weighted by molar-refractivity contribution is -0.923. The molecule has 3 aromatic carbocycles. The van der Waals surface area contributed by atoms with E-state index in [-0.39, 0.29) is 63.1 Å². The average Bonchev–Trinajstić information content (AvgIpc) is 2.34. The standard InChI is InChI=1S/C62H70FN13O10S2/c1-38(2)53(69-50(77)26-34-85-35-29-74-51(78)24-25-52(74)79)58(81)67-46(15-8-27-65-60(64)84)57(80)66-42-21-18-41(19-22-42)37-76(30-6-7-31-76)32-10-12-40-20-23-47(44(63)36-40)86-33-11-17-49-54(59(82)83)70-62(88-49)75-28-9-13-43-39(3)55(72-73-56(43)75)71-61-68-45-14-4-5-16-48(45)87-61/h4-5,14,16,18-25,36,38,46,53H,6-9,11,13,15,17,26-35,37H2,1-3H3,(H7-,64,65,66,67,68,69,71,72,77,80,81,82,83,84)/t46-,53-/m0/s1. The van der Waals surface area contributed by atoms with E-state index in [0.29, 0.717) is 81.4 Å². The van der Waals surface area contributed by atoms with Crippen LogP contribution in [0.3, 0.4) is 0 Å². The number of ether oxygens (including phenoxy) is 2. The number of hydrogen-bond donors (Lipinski definition) is 6. The Balaban J connectivity index is 0.747. The number of nitrogens with two attached hydrogens (primary N) is 1. The molecule has 1 saturated heterocycles. The highest BCUT2D eigenvalue weighted by atomic mass is 32.1. The van der Waals surface area contributed by atoms with Crippen LogP contribution in [0.15, 0.2) is 78.9 Å². The number of aromatic carboxylic acids is 1. The van der Waals surface area contributed by atoms with Crippen molar-refractivity contribution in [3.05, 3.63) is 118 Å². The molecule has 9 rings (SSSR count). The normalized spacial score (nSPS) is 14.9. The molecule has 2 atom stereocenters. The van der Waals surface area contributed by atoms with Crippen molar-refractivity contribution in [1.29, 1.82) is 0 Å². The Kier molecular flexibility index (Phi) is 21.4. The molecule has 3 aliphatic heterocycles. The molecule has 462 valence electrons. The SMILES string of the molecule is Cc1c(Nc2nc3ccccc3s2)nnc2c1CCCN2c1nc(C(=O)[O-])c(CCCOc2ccc(C#CC[N+]3(Cc4ccc(NC(=O)[C@H](CCCNC(N)=O)NC(=O)[C@@H](NC(=O)CCOCCN5C(=O)C=CC5=O)C(C)C)cc4)CCCC3)cc2F)s1. The Morgan fingerprint density at radius 1 is 0.898 bits per heavy atom. The monoisotopic (exact) mass is 1240 g/mol. The van der Waals surface area contributed by atoms with E-state index in [1.165, 1.54) is 40.9 Å². The Labute approximate surface area is 516 Å². The minimum absolute atomic E-state index is 0.0217. The van der Waals surface area contributed by atoms with Crippen molar-refractivity contribution in [2.75, 3.05) is 74.6 Å². The summed E-state index contributed by atoms with van der Waals surface area (Å²) in [6.45, 7) is 9.38. The Bertz CT molecular complexity index is 3600. The van der Waals surface area contributed by atoms with Gasteiger partial charge in [0.25, 0.3) is 11.8 Å². The number of carboxylic acid groups (broad SMARTS) is 1. The first-order valence-electron chi connectivity index (χ1n) is 29.3. The van der Waals surface area contributed by atoms with Crippen LogP contribution in [0, 0.1) is 30.5 Å². The molecule has 7 N–H and O–H groups in total. The summed E-state index contributed by atoms with van der Waals surface area (Å²) in [5, 5.41) is 36.8. The number of amides is 7. The number of halogens is 1. The van der Waals surface area contributed by atoms with Gasteiger partial charge >= 0.3 is 6.03 Å². The lowest BCUT2D eigenvalue weighted by atomic mass is 10.0. The quantitative estimate of drug-likeness (QED) is 0.0149. The summed E-state index contributed by atoms with van der Waals surface area (Å²) in [6, 6.07) is 17.1.